The summed E-state index contributed by atoms with van der Waals surface area (Å²) in [4.78, 5) is 48.2. The van der Waals surface area contributed by atoms with Gasteiger partial charge in [-0.3, -0.25) is 14.6 Å². The second-order valence-corrected chi connectivity index (χ2v) is 10.6. The van der Waals surface area contributed by atoms with E-state index in [2.05, 4.69) is 15.3 Å². The summed E-state index contributed by atoms with van der Waals surface area (Å²) in [7, 11) is 0. The summed E-state index contributed by atoms with van der Waals surface area (Å²) >= 11 is 0. The van der Waals surface area contributed by atoms with E-state index in [0.29, 0.717) is 42.3 Å². The summed E-state index contributed by atoms with van der Waals surface area (Å²) in [6.45, 7) is 4.39. The van der Waals surface area contributed by atoms with Crippen molar-refractivity contribution in [3.63, 3.8) is 0 Å². The third kappa shape index (κ3) is 4.21. The van der Waals surface area contributed by atoms with Crippen LogP contribution in [-0.2, 0) is 23.6 Å². The predicted octanol–water partition coefficient (Wildman–Crippen LogP) is 3.96. The van der Waals surface area contributed by atoms with Crippen molar-refractivity contribution < 1.29 is 28.2 Å². The SMILES string of the molecule is Cc1nocc1C(=O)OCc1ccc(C23Cn4cc(-c5cccnc5)cc4C(=O)N2CCN3C(=O)c2conc2C)cc1. The highest BCUT2D eigenvalue weighted by molar-refractivity contribution is 5.99. The molecular weight excluding hydrogens is 552 g/mol. The molecule has 0 N–H and O–H groups in total. The lowest BCUT2D eigenvalue weighted by molar-refractivity contribution is -0.00603. The molecule has 0 radical (unpaired) electrons. The number of carbonyl (C=O) groups is 3. The van der Waals surface area contributed by atoms with Crippen LogP contribution in [0, 0.1) is 13.8 Å². The van der Waals surface area contributed by atoms with Crippen molar-refractivity contribution in [3.05, 3.63) is 113 Å². The number of hydrogen-bond donors (Lipinski definition) is 0. The van der Waals surface area contributed by atoms with Gasteiger partial charge in [-0.2, -0.15) is 0 Å². The zero-order chi connectivity index (χ0) is 29.7. The molecule has 0 spiro atoms. The molecule has 6 heterocycles. The van der Waals surface area contributed by atoms with Crippen LogP contribution in [0.5, 0.6) is 0 Å². The molecule has 1 unspecified atom stereocenters. The monoisotopic (exact) mass is 578 g/mol. The van der Waals surface area contributed by atoms with Crippen molar-refractivity contribution in [1.29, 1.82) is 0 Å². The highest BCUT2D eigenvalue weighted by atomic mass is 16.5. The number of hydrogen-bond acceptors (Lipinski definition) is 9. The predicted molar refractivity (Wildman–Crippen MR) is 149 cm³/mol. The van der Waals surface area contributed by atoms with Crippen molar-refractivity contribution in [2.75, 3.05) is 13.1 Å². The smallest absolute Gasteiger partial charge is 0.343 e. The molecule has 0 saturated carbocycles. The van der Waals surface area contributed by atoms with Crippen LogP contribution in [0.1, 0.15) is 53.7 Å². The Morgan fingerprint density at radius 2 is 1.72 bits per heavy atom. The minimum Gasteiger partial charge on any atom is -0.457 e. The number of rotatable bonds is 6. The van der Waals surface area contributed by atoms with Gasteiger partial charge in [-0.15, -0.1) is 0 Å². The maximum atomic E-state index is 14.1. The van der Waals surface area contributed by atoms with E-state index >= 15 is 0 Å². The van der Waals surface area contributed by atoms with E-state index in [1.165, 1.54) is 12.5 Å². The van der Waals surface area contributed by atoms with E-state index in [9.17, 15) is 14.4 Å². The molecule has 216 valence electrons. The summed E-state index contributed by atoms with van der Waals surface area (Å²) in [5.41, 5.74) is 4.19. The summed E-state index contributed by atoms with van der Waals surface area (Å²) in [5, 5.41) is 7.62. The molecule has 12 heteroatoms. The average Bonchev–Trinajstić information content (AvgIpc) is 3.83. The Bertz CT molecular complexity index is 1860. The lowest BCUT2D eigenvalue weighted by Gasteiger charge is -2.47. The molecule has 4 aromatic heterocycles. The van der Waals surface area contributed by atoms with Gasteiger partial charge in [-0.05, 0) is 37.1 Å². The number of aryl methyl sites for hydroxylation is 2. The van der Waals surface area contributed by atoms with Crippen LogP contribution in [0.4, 0.5) is 0 Å². The Kier molecular flexibility index (Phi) is 6.19. The lowest BCUT2D eigenvalue weighted by atomic mass is 9.93. The molecule has 1 atom stereocenters. The van der Waals surface area contributed by atoms with E-state index in [1.54, 1.807) is 36.0 Å². The van der Waals surface area contributed by atoms with Crippen LogP contribution in [-0.4, -0.2) is 60.5 Å². The number of esters is 1. The number of nitrogens with zero attached hydrogens (tertiary/aromatic N) is 6. The van der Waals surface area contributed by atoms with Gasteiger partial charge in [0, 0.05) is 42.8 Å². The number of pyridine rings is 1. The van der Waals surface area contributed by atoms with Crippen LogP contribution >= 0.6 is 0 Å². The first-order chi connectivity index (χ1) is 20.9. The first kappa shape index (κ1) is 26.4. The molecule has 2 amide bonds. The van der Waals surface area contributed by atoms with Crippen molar-refractivity contribution in [2.24, 2.45) is 0 Å². The third-order valence-corrected chi connectivity index (χ3v) is 8.17. The van der Waals surface area contributed by atoms with Crippen molar-refractivity contribution >= 4 is 17.8 Å². The Balaban J connectivity index is 1.26. The number of amides is 2. The number of ether oxygens (including phenoxy) is 1. The molecule has 7 rings (SSSR count). The number of aromatic nitrogens is 4. The zero-order valence-electron chi connectivity index (χ0n) is 23.4. The van der Waals surface area contributed by atoms with Gasteiger partial charge in [0.15, 0.2) is 5.66 Å². The van der Waals surface area contributed by atoms with E-state index in [0.717, 1.165) is 22.3 Å². The van der Waals surface area contributed by atoms with Gasteiger partial charge >= 0.3 is 5.97 Å². The molecule has 0 aliphatic carbocycles. The second-order valence-electron chi connectivity index (χ2n) is 10.6. The van der Waals surface area contributed by atoms with Crippen molar-refractivity contribution in [1.82, 2.24) is 29.7 Å². The third-order valence-electron chi connectivity index (χ3n) is 8.17. The highest BCUT2D eigenvalue weighted by Crippen LogP contribution is 2.44. The maximum Gasteiger partial charge on any atom is 0.343 e. The van der Waals surface area contributed by atoms with Crippen LogP contribution in [0.3, 0.4) is 0 Å². The van der Waals surface area contributed by atoms with Gasteiger partial charge < -0.3 is 28.1 Å². The number of fused-ring (bicyclic) bond motifs is 2. The summed E-state index contributed by atoms with van der Waals surface area (Å²) in [6.07, 6.45) is 7.98. The Morgan fingerprint density at radius 1 is 0.977 bits per heavy atom. The topological polar surface area (TPSA) is 137 Å². The lowest BCUT2D eigenvalue weighted by Crippen LogP contribution is -2.60. The van der Waals surface area contributed by atoms with Gasteiger partial charge in [0.1, 0.15) is 36.0 Å². The minimum atomic E-state index is -1.12. The van der Waals surface area contributed by atoms with Crippen molar-refractivity contribution in [2.45, 2.75) is 32.7 Å². The fraction of sp³-hybridized carbons (Fsp3) is 0.226. The fourth-order valence-corrected chi connectivity index (χ4v) is 5.94. The minimum absolute atomic E-state index is 0.0259. The number of benzene rings is 1. The number of carbonyl (C=O) groups excluding carboxylic acids is 3. The van der Waals surface area contributed by atoms with E-state index in [4.69, 9.17) is 13.8 Å². The average molecular weight is 579 g/mol. The Labute approximate surface area is 245 Å². The van der Waals surface area contributed by atoms with Crippen LogP contribution in [0.2, 0.25) is 0 Å². The van der Waals surface area contributed by atoms with Crippen LogP contribution in [0.25, 0.3) is 11.1 Å². The first-order valence-electron chi connectivity index (χ1n) is 13.7. The quantitative estimate of drug-likeness (QED) is 0.274. The first-order valence-corrected chi connectivity index (χ1v) is 13.7. The molecule has 5 aromatic rings. The van der Waals surface area contributed by atoms with Gasteiger partial charge in [-0.1, -0.05) is 40.6 Å². The molecule has 1 saturated heterocycles. The van der Waals surface area contributed by atoms with Crippen LogP contribution < -0.4 is 0 Å². The van der Waals surface area contributed by atoms with Gasteiger partial charge in [0.05, 0.1) is 17.9 Å². The highest BCUT2D eigenvalue weighted by Gasteiger charge is 2.56. The molecule has 2 aliphatic heterocycles. The van der Waals surface area contributed by atoms with Gasteiger partial charge in [0.2, 0.25) is 0 Å². The molecule has 0 bridgehead atoms. The normalized spacial score (nSPS) is 17.6. The maximum absolute atomic E-state index is 14.1. The molecule has 12 nitrogen and oxygen atoms in total. The van der Waals surface area contributed by atoms with Gasteiger partial charge in [0.25, 0.3) is 11.8 Å². The summed E-state index contributed by atoms with van der Waals surface area (Å²) < 4.78 is 17.3. The van der Waals surface area contributed by atoms with E-state index < -0.39 is 11.6 Å². The second kappa shape index (κ2) is 10.1. The van der Waals surface area contributed by atoms with E-state index in [-0.39, 0.29) is 24.0 Å². The molecule has 1 fully saturated rings. The summed E-state index contributed by atoms with van der Waals surface area (Å²) in [5.74, 6) is -0.994. The Morgan fingerprint density at radius 3 is 2.40 bits per heavy atom. The Hall–Kier alpha value is -5.52. The standard InChI is InChI=1S/C31H26N6O6/c1-19-25(16-42-33-19)28(38)36-10-11-37-29(39)27-12-23(22-4-3-9-32-13-22)14-35(27)18-31(36,37)24-7-5-21(6-8-24)15-41-30(40)26-17-43-34-20(26)2/h3-9,12-14,16-17H,10-11,15,18H2,1-2H3. The molecular formula is C31H26N6O6. The van der Waals surface area contributed by atoms with E-state index in [1.807, 2.05) is 53.2 Å². The van der Waals surface area contributed by atoms with Crippen LogP contribution in [0.15, 0.2) is 82.6 Å². The van der Waals surface area contributed by atoms with Crippen molar-refractivity contribution in [3.8, 4) is 11.1 Å². The fourth-order valence-electron chi connectivity index (χ4n) is 5.94. The zero-order valence-corrected chi connectivity index (χ0v) is 23.4. The molecule has 1 aromatic carbocycles. The molecule has 43 heavy (non-hydrogen) atoms. The largest absolute Gasteiger partial charge is 0.457 e. The van der Waals surface area contributed by atoms with Gasteiger partial charge in [-0.25, -0.2) is 4.79 Å². The summed E-state index contributed by atoms with van der Waals surface area (Å²) in [6, 6.07) is 13.1. The molecule has 2 aliphatic rings.